The van der Waals surface area contributed by atoms with E-state index in [0.29, 0.717) is 16.7 Å². The van der Waals surface area contributed by atoms with Crippen LogP contribution in [0.2, 0.25) is 0 Å². The molecule has 0 saturated heterocycles. The Morgan fingerprint density at radius 3 is 2.36 bits per heavy atom. The second-order valence-corrected chi connectivity index (χ2v) is 2.88. The first kappa shape index (κ1) is 8.55. The van der Waals surface area contributed by atoms with Crippen LogP contribution < -0.4 is 0 Å². The summed E-state index contributed by atoms with van der Waals surface area (Å²) in [6.07, 6.45) is 0. The smallest absolute Gasteiger partial charge is 0.358 e. The van der Waals surface area contributed by atoms with Gasteiger partial charge in [-0.1, -0.05) is 12.1 Å². The van der Waals surface area contributed by atoms with Gasteiger partial charge in [-0.3, -0.25) is 0 Å². The fraction of sp³-hybridized carbons (Fsp3) is 0.111. The summed E-state index contributed by atoms with van der Waals surface area (Å²) in [4.78, 5) is 18.1. The van der Waals surface area contributed by atoms with Crippen LogP contribution in [0.4, 0.5) is 5.82 Å². The third-order valence-corrected chi connectivity index (χ3v) is 1.89. The van der Waals surface area contributed by atoms with Gasteiger partial charge in [0.05, 0.1) is 0 Å². The highest BCUT2D eigenvalue weighted by Gasteiger charge is 2.15. The zero-order chi connectivity index (χ0) is 10.1. The molecule has 70 valence electrons. The molecule has 0 aliphatic rings. The molecule has 0 unspecified atom stereocenters. The van der Waals surface area contributed by atoms with E-state index >= 15 is 0 Å². The molecule has 0 bridgehead atoms. The Morgan fingerprint density at radius 1 is 1.21 bits per heavy atom. The lowest BCUT2D eigenvalue weighted by molar-refractivity contribution is -0.390. The van der Waals surface area contributed by atoms with E-state index in [1.807, 2.05) is 6.07 Å². The monoisotopic (exact) mass is 189 g/mol. The van der Waals surface area contributed by atoms with Crippen molar-refractivity contribution in [2.75, 3.05) is 0 Å². The number of para-hydroxylation sites is 2. The minimum atomic E-state index is -0.519. The summed E-state index contributed by atoms with van der Waals surface area (Å²) in [5, 5.41) is 10.6. The zero-order valence-corrected chi connectivity index (χ0v) is 7.47. The lowest BCUT2D eigenvalue weighted by Gasteiger charge is -1.97. The van der Waals surface area contributed by atoms with E-state index in [1.54, 1.807) is 25.1 Å². The topological polar surface area (TPSA) is 68.9 Å². The second kappa shape index (κ2) is 3.02. The summed E-state index contributed by atoms with van der Waals surface area (Å²) in [5.41, 5.74) is 1.56. The van der Waals surface area contributed by atoms with Gasteiger partial charge in [-0.05, 0) is 29.0 Å². The molecule has 1 aromatic heterocycles. The normalized spacial score (nSPS) is 10.4. The lowest BCUT2D eigenvalue weighted by Crippen LogP contribution is -1.98. The van der Waals surface area contributed by atoms with E-state index in [-0.39, 0.29) is 5.82 Å². The molecule has 0 fully saturated rings. The zero-order valence-electron chi connectivity index (χ0n) is 7.47. The fourth-order valence-corrected chi connectivity index (χ4v) is 1.25. The van der Waals surface area contributed by atoms with Crippen LogP contribution in [0.5, 0.6) is 0 Å². The van der Waals surface area contributed by atoms with Gasteiger partial charge >= 0.3 is 5.82 Å². The number of aromatic nitrogens is 2. The average Bonchev–Trinajstić information content (AvgIpc) is 2.16. The highest BCUT2D eigenvalue weighted by atomic mass is 16.6. The summed E-state index contributed by atoms with van der Waals surface area (Å²) >= 11 is 0. The molecule has 5 heteroatoms. The van der Waals surface area contributed by atoms with E-state index < -0.39 is 4.92 Å². The molecule has 1 aromatic carbocycles. The molecule has 2 aromatic rings. The molecular weight excluding hydrogens is 182 g/mol. The largest absolute Gasteiger partial charge is 0.385 e. The molecule has 1 heterocycles. The SMILES string of the molecule is Cc1nc2ccccc2nc1[N+](=O)[O-]. The van der Waals surface area contributed by atoms with Crippen molar-refractivity contribution in [2.24, 2.45) is 0 Å². The van der Waals surface area contributed by atoms with Gasteiger partial charge in [0.15, 0.2) is 0 Å². The maximum absolute atomic E-state index is 10.6. The molecule has 0 atom stereocenters. The molecule has 0 radical (unpaired) electrons. The van der Waals surface area contributed by atoms with Gasteiger partial charge in [-0.15, -0.1) is 0 Å². The summed E-state index contributed by atoms with van der Waals surface area (Å²) in [7, 11) is 0. The molecule has 5 nitrogen and oxygen atoms in total. The van der Waals surface area contributed by atoms with Crippen molar-refractivity contribution in [2.45, 2.75) is 6.92 Å². The van der Waals surface area contributed by atoms with Gasteiger partial charge in [0, 0.05) is 0 Å². The van der Waals surface area contributed by atoms with Gasteiger partial charge in [0.25, 0.3) is 0 Å². The van der Waals surface area contributed by atoms with Crippen molar-refractivity contribution in [1.29, 1.82) is 0 Å². The Hall–Kier alpha value is -2.04. The van der Waals surface area contributed by atoms with Gasteiger partial charge in [0.1, 0.15) is 11.2 Å². The highest BCUT2D eigenvalue weighted by Crippen LogP contribution is 2.17. The van der Waals surface area contributed by atoms with Gasteiger partial charge < -0.3 is 10.1 Å². The Balaban J connectivity index is 2.77. The molecule has 0 aliphatic heterocycles. The molecule has 0 N–H and O–H groups in total. The number of benzene rings is 1. The fourth-order valence-electron chi connectivity index (χ4n) is 1.25. The summed E-state index contributed by atoms with van der Waals surface area (Å²) < 4.78 is 0. The van der Waals surface area contributed by atoms with Gasteiger partial charge in [0.2, 0.25) is 5.52 Å². The summed E-state index contributed by atoms with van der Waals surface area (Å²) in [6, 6.07) is 7.08. The Kier molecular flexibility index (Phi) is 1.85. The first-order valence-corrected chi connectivity index (χ1v) is 4.06. The van der Waals surface area contributed by atoms with Crippen LogP contribution in [0.15, 0.2) is 24.3 Å². The predicted octanol–water partition coefficient (Wildman–Crippen LogP) is 1.85. The summed E-state index contributed by atoms with van der Waals surface area (Å²) in [6.45, 7) is 1.58. The molecule has 0 saturated carbocycles. The van der Waals surface area contributed by atoms with Crippen molar-refractivity contribution in [3.05, 3.63) is 40.1 Å². The Bertz CT molecular complexity index is 510. The van der Waals surface area contributed by atoms with Crippen LogP contribution in [-0.4, -0.2) is 14.9 Å². The number of hydrogen-bond acceptors (Lipinski definition) is 4. The van der Waals surface area contributed by atoms with Crippen LogP contribution in [-0.2, 0) is 0 Å². The van der Waals surface area contributed by atoms with Crippen molar-refractivity contribution in [3.8, 4) is 0 Å². The number of nitrogens with zero attached hydrogens (tertiary/aromatic N) is 3. The molecule has 0 amide bonds. The average molecular weight is 189 g/mol. The van der Waals surface area contributed by atoms with Crippen LogP contribution >= 0.6 is 0 Å². The van der Waals surface area contributed by atoms with Crippen LogP contribution in [0.1, 0.15) is 5.69 Å². The molecule has 0 aliphatic carbocycles. The number of aryl methyl sites for hydroxylation is 1. The Labute approximate surface area is 79.6 Å². The lowest BCUT2D eigenvalue weighted by atomic mass is 10.3. The number of fused-ring (bicyclic) bond motifs is 1. The molecule has 2 rings (SSSR count). The summed E-state index contributed by atoms with van der Waals surface area (Å²) in [5.74, 6) is -0.177. The van der Waals surface area contributed by atoms with Gasteiger partial charge in [-0.25, -0.2) is 4.98 Å². The maximum atomic E-state index is 10.6. The quantitative estimate of drug-likeness (QED) is 0.507. The van der Waals surface area contributed by atoms with E-state index in [0.717, 1.165) is 0 Å². The van der Waals surface area contributed by atoms with Crippen molar-refractivity contribution < 1.29 is 4.92 Å². The third-order valence-electron chi connectivity index (χ3n) is 1.89. The van der Waals surface area contributed by atoms with Crippen LogP contribution in [0, 0.1) is 17.0 Å². The van der Waals surface area contributed by atoms with Crippen LogP contribution in [0.25, 0.3) is 11.0 Å². The first-order chi connectivity index (χ1) is 6.68. The highest BCUT2D eigenvalue weighted by molar-refractivity contribution is 5.75. The van der Waals surface area contributed by atoms with Crippen LogP contribution in [0.3, 0.4) is 0 Å². The third kappa shape index (κ3) is 1.28. The van der Waals surface area contributed by atoms with Gasteiger partial charge in [-0.2, -0.15) is 0 Å². The van der Waals surface area contributed by atoms with Crippen molar-refractivity contribution in [1.82, 2.24) is 9.97 Å². The number of hydrogen-bond donors (Lipinski definition) is 0. The van der Waals surface area contributed by atoms with E-state index in [2.05, 4.69) is 9.97 Å². The van der Waals surface area contributed by atoms with E-state index in [1.165, 1.54) is 0 Å². The van der Waals surface area contributed by atoms with E-state index in [4.69, 9.17) is 0 Å². The van der Waals surface area contributed by atoms with E-state index in [9.17, 15) is 10.1 Å². The first-order valence-electron chi connectivity index (χ1n) is 4.06. The van der Waals surface area contributed by atoms with Crippen molar-refractivity contribution >= 4 is 16.9 Å². The number of rotatable bonds is 1. The standard InChI is InChI=1S/C9H7N3O2/c1-6-9(12(13)14)11-8-5-3-2-4-7(8)10-6/h2-5H,1H3. The predicted molar refractivity (Wildman–Crippen MR) is 50.9 cm³/mol. The minimum Gasteiger partial charge on any atom is -0.358 e. The Morgan fingerprint density at radius 2 is 1.79 bits per heavy atom. The molecule has 14 heavy (non-hydrogen) atoms. The minimum absolute atomic E-state index is 0.177. The maximum Gasteiger partial charge on any atom is 0.385 e. The number of nitro groups is 1. The second-order valence-electron chi connectivity index (χ2n) is 2.88. The van der Waals surface area contributed by atoms with Crippen molar-refractivity contribution in [3.63, 3.8) is 0 Å². The molecular formula is C9H7N3O2. The molecule has 0 spiro atoms.